The molecular formula is C23H25N3O3. The van der Waals surface area contributed by atoms with Gasteiger partial charge in [-0.2, -0.15) is 0 Å². The van der Waals surface area contributed by atoms with Crippen LogP contribution >= 0.6 is 0 Å². The molecule has 0 saturated carbocycles. The van der Waals surface area contributed by atoms with Gasteiger partial charge >= 0.3 is 12.0 Å². The van der Waals surface area contributed by atoms with E-state index in [1.807, 2.05) is 50.4 Å². The Morgan fingerprint density at radius 1 is 1.21 bits per heavy atom. The summed E-state index contributed by atoms with van der Waals surface area (Å²) >= 11 is 0. The molecule has 0 spiro atoms. The molecule has 6 heteroatoms. The largest absolute Gasteiger partial charge is 0.468 e. The topological polar surface area (TPSA) is 70.7 Å². The van der Waals surface area contributed by atoms with E-state index >= 15 is 0 Å². The van der Waals surface area contributed by atoms with Crippen LogP contribution in [0.25, 0.3) is 0 Å². The summed E-state index contributed by atoms with van der Waals surface area (Å²) in [6.07, 6.45) is 2.81. The molecule has 0 unspecified atom stereocenters. The van der Waals surface area contributed by atoms with Gasteiger partial charge in [-0.05, 0) is 43.0 Å². The quantitative estimate of drug-likeness (QED) is 0.788. The first-order valence-corrected chi connectivity index (χ1v) is 9.76. The number of ether oxygens (including phenoxy) is 1. The Balaban J connectivity index is 1.77. The zero-order valence-corrected chi connectivity index (χ0v) is 16.9. The summed E-state index contributed by atoms with van der Waals surface area (Å²) in [7, 11) is 1.38. The fourth-order valence-electron chi connectivity index (χ4n) is 4.17. The van der Waals surface area contributed by atoms with Gasteiger partial charge in [-0.3, -0.25) is 4.79 Å². The van der Waals surface area contributed by atoms with Crippen LogP contribution in [0.5, 0.6) is 0 Å². The van der Waals surface area contributed by atoms with Crippen LogP contribution in [0.1, 0.15) is 28.3 Å². The van der Waals surface area contributed by atoms with Crippen molar-refractivity contribution in [3.63, 3.8) is 0 Å². The maximum atomic E-state index is 12.8. The number of carbonyl (C=O) groups excluding carboxylic acids is 2. The fourth-order valence-corrected chi connectivity index (χ4v) is 4.17. The standard InChI is InChI=1S/C23H25N3O3/c1-14-8-9-15(2)17(12-14)21-20(22(27)29-3)18(24-23(28)25-21)13-26-11-10-16-6-4-5-7-19(16)26/h4-9,12-13,20-21H,10-11H2,1-3H3,(H2,24,25,28)/t20-,21+/m0/s1. The van der Waals surface area contributed by atoms with Crippen molar-refractivity contribution in [2.75, 3.05) is 18.6 Å². The van der Waals surface area contributed by atoms with Gasteiger partial charge in [0.15, 0.2) is 0 Å². The Bertz CT molecular complexity index is 999. The molecule has 1 saturated heterocycles. The SMILES string of the molecule is COC(=O)[C@H]1C(=CN2CCc3ccccc32)NC(=O)N[C@@H]1c1cc(C)ccc1C. The van der Waals surface area contributed by atoms with Crippen molar-refractivity contribution >= 4 is 17.7 Å². The molecule has 6 nitrogen and oxygen atoms in total. The van der Waals surface area contributed by atoms with E-state index in [0.29, 0.717) is 5.70 Å². The maximum Gasteiger partial charge on any atom is 0.319 e. The summed E-state index contributed by atoms with van der Waals surface area (Å²) in [5.41, 5.74) is 5.90. The molecule has 2 aromatic carbocycles. The van der Waals surface area contributed by atoms with Gasteiger partial charge in [-0.1, -0.05) is 42.0 Å². The number of nitrogens with zero attached hydrogens (tertiary/aromatic N) is 1. The van der Waals surface area contributed by atoms with Gasteiger partial charge < -0.3 is 20.3 Å². The zero-order chi connectivity index (χ0) is 20.5. The lowest BCUT2D eigenvalue weighted by Crippen LogP contribution is -2.52. The summed E-state index contributed by atoms with van der Waals surface area (Å²) in [4.78, 5) is 27.4. The minimum absolute atomic E-state index is 0.324. The van der Waals surface area contributed by atoms with Crippen LogP contribution in [-0.4, -0.2) is 25.7 Å². The van der Waals surface area contributed by atoms with Crippen molar-refractivity contribution in [1.82, 2.24) is 10.6 Å². The Labute approximate surface area is 170 Å². The number of nitrogens with one attached hydrogen (secondary N) is 2. The maximum absolute atomic E-state index is 12.8. The van der Waals surface area contributed by atoms with Crippen LogP contribution < -0.4 is 15.5 Å². The predicted octanol–water partition coefficient (Wildman–Crippen LogP) is 3.35. The molecule has 2 aromatic rings. The van der Waals surface area contributed by atoms with Gasteiger partial charge in [-0.25, -0.2) is 4.79 Å². The van der Waals surface area contributed by atoms with E-state index in [4.69, 9.17) is 4.74 Å². The van der Waals surface area contributed by atoms with Crippen molar-refractivity contribution in [2.45, 2.75) is 26.3 Å². The molecule has 2 N–H and O–H groups in total. The number of urea groups is 1. The number of para-hydroxylation sites is 1. The van der Waals surface area contributed by atoms with Crippen LogP contribution in [0, 0.1) is 19.8 Å². The molecule has 2 aliphatic rings. The second-order valence-electron chi connectivity index (χ2n) is 7.59. The fraction of sp³-hybridized carbons (Fsp3) is 0.304. The molecule has 0 aliphatic carbocycles. The highest BCUT2D eigenvalue weighted by Gasteiger charge is 2.40. The third-order valence-corrected chi connectivity index (χ3v) is 5.66. The first-order chi connectivity index (χ1) is 14.0. The first kappa shape index (κ1) is 19.1. The number of carbonyl (C=O) groups is 2. The molecule has 0 radical (unpaired) electrons. The summed E-state index contributed by atoms with van der Waals surface area (Å²) in [5.74, 6) is -1.05. The van der Waals surface area contributed by atoms with Crippen molar-refractivity contribution in [3.8, 4) is 0 Å². The molecule has 0 aromatic heterocycles. The van der Waals surface area contributed by atoms with Crippen molar-refractivity contribution in [1.29, 1.82) is 0 Å². The lowest BCUT2D eigenvalue weighted by atomic mass is 9.86. The number of anilines is 1. The van der Waals surface area contributed by atoms with E-state index < -0.39 is 12.0 Å². The zero-order valence-electron chi connectivity index (χ0n) is 16.9. The number of hydrogen-bond donors (Lipinski definition) is 2. The first-order valence-electron chi connectivity index (χ1n) is 9.76. The highest BCUT2D eigenvalue weighted by atomic mass is 16.5. The number of hydrogen-bond acceptors (Lipinski definition) is 4. The van der Waals surface area contributed by atoms with Crippen LogP contribution in [0.4, 0.5) is 10.5 Å². The number of rotatable bonds is 3. The van der Waals surface area contributed by atoms with Gasteiger partial charge in [0.05, 0.1) is 18.8 Å². The predicted molar refractivity (Wildman–Crippen MR) is 111 cm³/mol. The van der Waals surface area contributed by atoms with Gasteiger partial charge in [0.25, 0.3) is 0 Å². The van der Waals surface area contributed by atoms with E-state index in [2.05, 4.69) is 27.7 Å². The van der Waals surface area contributed by atoms with Crippen LogP contribution in [-0.2, 0) is 16.0 Å². The number of esters is 1. The molecule has 29 heavy (non-hydrogen) atoms. The third-order valence-electron chi connectivity index (χ3n) is 5.66. The second kappa shape index (κ2) is 7.62. The Morgan fingerprint density at radius 3 is 2.79 bits per heavy atom. The Morgan fingerprint density at radius 2 is 2.00 bits per heavy atom. The van der Waals surface area contributed by atoms with E-state index in [0.717, 1.165) is 35.3 Å². The lowest BCUT2D eigenvalue weighted by molar-refractivity contribution is -0.145. The highest BCUT2D eigenvalue weighted by molar-refractivity contribution is 5.86. The molecule has 2 aliphatic heterocycles. The minimum atomic E-state index is -0.661. The summed E-state index contributed by atoms with van der Waals surface area (Å²) in [5, 5.41) is 5.77. The van der Waals surface area contributed by atoms with Crippen molar-refractivity contribution in [3.05, 3.63) is 76.6 Å². The normalized spacial score (nSPS) is 22.1. The van der Waals surface area contributed by atoms with Crippen LogP contribution in [0.3, 0.4) is 0 Å². The lowest BCUT2D eigenvalue weighted by Gasteiger charge is -2.35. The van der Waals surface area contributed by atoms with Crippen molar-refractivity contribution in [2.24, 2.45) is 5.92 Å². The number of amides is 2. The summed E-state index contributed by atoms with van der Waals surface area (Å²) < 4.78 is 5.12. The van der Waals surface area contributed by atoms with E-state index in [-0.39, 0.29) is 12.0 Å². The van der Waals surface area contributed by atoms with Gasteiger partial charge in [0.1, 0.15) is 5.92 Å². The molecule has 1 fully saturated rings. The number of methoxy groups -OCH3 is 1. The number of fused-ring (bicyclic) bond motifs is 1. The average Bonchev–Trinajstić information content (AvgIpc) is 3.12. The molecule has 2 atom stereocenters. The number of benzene rings is 2. The van der Waals surface area contributed by atoms with Gasteiger partial charge in [0.2, 0.25) is 0 Å². The molecule has 4 rings (SSSR count). The summed E-state index contributed by atoms with van der Waals surface area (Å²) in [6, 6.07) is 13.4. The number of aryl methyl sites for hydroxylation is 2. The third kappa shape index (κ3) is 3.58. The second-order valence-corrected chi connectivity index (χ2v) is 7.59. The molecule has 0 bridgehead atoms. The monoisotopic (exact) mass is 391 g/mol. The van der Waals surface area contributed by atoms with Gasteiger partial charge in [0, 0.05) is 18.4 Å². The van der Waals surface area contributed by atoms with E-state index in [1.54, 1.807) is 0 Å². The molecule has 150 valence electrons. The smallest absolute Gasteiger partial charge is 0.319 e. The average molecular weight is 391 g/mol. The highest BCUT2D eigenvalue weighted by Crippen LogP contribution is 2.35. The Hall–Kier alpha value is -3.28. The van der Waals surface area contributed by atoms with Gasteiger partial charge in [-0.15, -0.1) is 0 Å². The Kier molecular flexibility index (Phi) is 5.01. The van der Waals surface area contributed by atoms with E-state index in [9.17, 15) is 9.59 Å². The molecule has 2 amide bonds. The minimum Gasteiger partial charge on any atom is -0.468 e. The summed E-state index contributed by atoms with van der Waals surface area (Å²) in [6.45, 7) is 4.78. The van der Waals surface area contributed by atoms with Crippen LogP contribution in [0.2, 0.25) is 0 Å². The van der Waals surface area contributed by atoms with E-state index in [1.165, 1.54) is 12.7 Å². The van der Waals surface area contributed by atoms with Crippen LogP contribution in [0.15, 0.2) is 54.4 Å². The van der Waals surface area contributed by atoms with Crippen molar-refractivity contribution < 1.29 is 14.3 Å². The molecule has 2 heterocycles. The molecular weight excluding hydrogens is 366 g/mol.